The second kappa shape index (κ2) is 13.7. The minimum atomic E-state index is 0.336. The van der Waals surface area contributed by atoms with Crippen molar-refractivity contribution in [1.82, 2.24) is 15.0 Å². The molecule has 4 nitrogen and oxygen atoms in total. The molecule has 3 aliphatic rings. The zero-order chi connectivity index (χ0) is 34.9. The third-order valence-corrected chi connectivity index (χ3v) is 10.2. The van der Waals surface area contributed by atoms with Gasteiger partial charge in [0.2, 0.25) is 0 Å². The highest BCUT2D eigenvalue weighted by atomic mass is 16.3. The lowest BCUT2D eigenvalue weighted by molar-refractivity contribution is 0.499. The molecular weight excluding hydrogens is 635 g/mol. The lowest BCUT2D eigenvalue weighted by atomic mass is 9.77. The van der Waals surface area contributed by atoms with Gasteiger partial charge in [-0.05, 0) is 52.5 Å². The molecule has 2 aromatic heterocycles. The van der Waals surface area contributed by atoms with Gasteiger partial charge < -0.3 is 4.42 Å². The van der Waals surface area contributed by atoms with Crippen LogP contribution in [0, 0.1) is 11.8 Å². The maximum atomic E-state index is 6.43. The summed E-state index contributed by atoms with van der Waals surface area (Å²) in [7, 11) is 0. The van der Waals surface area contributed by atoms with Gasteiger partial charge in [0.1, 0.15) is 11.5 Å². The van der Waals surface area contributed by atoms with Gasteiger partial charge in [-0.25, -0.2) is 15.0 Å². The summed E-state index contributed by atoms with van der Waals surface area (Å²) in [5.74, 6) is 4.33. The fraction of sp³-hybridized carbons (Fsp3) is 0.104. The summed E-state index contributed by atoms with van der Waals surface area (Å²) in [4.78, 5) is 15.5. The molecule has 0 fully saturated rings. The van der Waals surface area contributed by atoms with Gasteiger partial charge in [0.05, 0.1) is 0 Å². The van der Waals surface area contributed by atoms with Gasteiger partial charge in [-0.1, -0.05) is 158 Å². The smallest absolute Gasteiger partial charge is 0.164 e. The number of fused-ring (bicyclic) bond motifs is 3. The highest BCUT2D eigenvalue weighted by Gasteiger charge is 2.27. The Morgan fingerprint density at radius 3 is 2.27 bits per heavy atom. The Morgan fingerprint density at radius 2 is 1.42 bits per heavy atom. The number of hydrogen-bond acceptors (Lipinski definition) is 4. The maximum Gasteiger partial charge on any atom is 0.164 e. The number of aromatic nitrogens is 3. The molecule has 0 spiro atoms. The van der Waals surface area contributed by atoms with Crippen LogP contribution in [0.5, 0.6) is 0 Å². The van der Waals surface area contributed by atoms with Crippen molar-refractivity contribution >= 4 is 34.1 Å². The fourth-order valence-electron chi connectivity index (χ4n) is 7.58. The van der Waals surface area contributed by atoms with E-state index in [-0.39, 0.29) is 0 Å². The first-order valence-corrected chi connectivity index (χ1v) is 18.0. The summed E-state index contributed by atoms with van der Waals surface area (Å²) in [6.07, 6.45) is 26.4. The average Bonchev–Trinajstić information content (AvgIpc) is 3.58. The van der Waals surface area contributed by atoms with E-state index < -0.39 is 0 Å². The lowest BCUT2D eigenvalue weighted by Gasteiger charge is -2.27. The van der Waals surface area contributed by atoms with Crippen molar-refractivity contribution in [3.63, 3.8) is 0 Å². The molecule has 4 heteroatoms. The molecule has 3 aliphatic carbocycles. The molecule has 4 aromatic carbocycles. The molecule has 0 aliphatic heterocycles. The number of furan rings is 1. The molecule has 2 atom stereocenters. The van der Waals surface area contributed by atoms with Gasteiger partial charge >= 0.3 is 0 Å². The standard InChI is InChI=1S/C48H37N3O/c1-2-43-41(22-10-15-32-13-4-3-5-14-32)45-42(23-12-24-44(45)52-43)48-50-46(49-47(51-48)38-30-25-33-16-6-7-18-37(33)31-38)36-28-26-35(27-29-36)40-21-11-19-34-17-8-9-20-39(34)40/h2-11,13-14,16-23,25-31,34,39H,1,12,15,24H2/b22-10-. The number of aryl methyl sites for hydroxylation is 1. The zero-order valence-electron chi connectivity index (χ0n) is 28.8. The van der Waals surface area contributed by atoms with Gasteiger partial charge in [0, 0.05) is 46.1 Å². The quantitative estimate of drug-likeness (QED) is 0.162. The van der Waals surface area contributed by atoms with E-state index in [9.17, 15) is 0 Å². The SMILES string of the molecule is C=Cc1oc2c(c1/C=C\Cc1ccccc1)C(c1nc(-c3ccc(C4=CC=CC5C=CC=CC45)cc3)nc(-c3ccc4ccccc4c3)n1)=CCC2. The summed E-state index contributed by atoms with van der Waals surface area (Å²) in [6.45, 7) is 4.09. The summed E-state index contributed by atoms with van der Waals surface area (Å²) >= 11 is 0. The topological polar surface area (TPSA) is 51.8 Å². The Morgan fingerprint density at radius 1 is 0.712 bits per heavy atom. The van der Waals surface area contributed by atoms with Crippen LogP contribution in [-0.4, -0.2) is 15.0 Å². The number of rotatable bonds is 8. The summed E-state index contributed by atoms with van der Waals surface area (Å²) in [6, 6.07) is 33.9. The highest BCUT2D eigenvalue weighted by Crippen LogP contribution is 2.40. The van der Waals surface area contributed by atoms with Crippen LogP contribution < -0.4 is 0 Å². The van der Waals surface area contributed by atoms with Gasteiger partial charge in [-0.15, -0.1) is 0 Å². The molecule has 0 saturated carbocycles. The first kappa shape index (κ1) is 31.6. The molecule has 0 bridgehead atoms. The molecular formula is C48H37N3O. The van der Waals surface area contributed by atoms with E-state index in [2.05, 4.69) is 158 Å². The van der Waals surface area contributed by atoms with Crippen LogP contribution in [-0.2, 0) is 12.8 Å². The van der Waals surface area contributed by atoms with E-state index in [1.54, 1.807) is 6.08 Å². The second-order valence-corrected chi connectivity index (χ2v) is 13.5. The van der Waals surface area contributed by atoms with Crippen LogP contribution in [0.3, 0.4) is 0 Å². The third kappa shape index (κ3) is 6.03. The molecule has 2 heterocycles. The van der Waals surface area contributed by atoms with Crippen LogP contribution in [0.25, 0.3) is 56.8 Å². The molecule has 52 heavy (non-hydrogen) atoms. The summed E-state index contributed by atoms with van der Waals surface area (Å²) in [5, 5.41) is 2.32. The molecule has 0 radical (unpaired) electrons. The number of benzene rings is 4. The van der Waals surface area contributed by atoms with E-state index in [0.29, 0.717) is 29.3 Å². The van der Waals surface area contributed by atoms with Crippen LogP contribution >= 0.6 is 0 Å². The normalized spacial score (nSPS) is 17.5. The minimum absolute atomic E-state index is 0.336. The van der Waals surface area contributed by atoms with E-state index >= 15 is 0 Å². The molecule has 0 N–H and O–H groups in total. The monoisotopic (exact) mass is 671 g/mol. The molecule has 0 saturated heterocycles. The predicted molar refractivity (Wildman–Crippen MR) is 214 cm³/mol. The Kier molecular flexibility index (Phi) is 8.34. The van der Waals surface area contributed by atoms with E-state index in [0.717, 1.165) is 64.0 Å². The van der Waals surface area contributed by atoms with Crippen molar-refractivity contribution in [3.8, 4) is 22.8 Å². The van der Waals surface area contributed by atoms with Gasteiger partial charge in [-0.3, -0.25) is 0 Å². The van der Waals surface area contributed by atoms with E-state index in [1.807, 2.05) is 6.07 Å². The Hall–Kier alpha value is -6.39. The Labute approximate surface area is 304 Å². The van der Waals surface area contributed by atoms with Crippen molar-refractivity contribution in [2.45, 2.75) is 19.3 Å². The van der Waals surface area contributed by atoms with Crippen molar-refractivity contribution in [2.75, 3.05) is 0 Å². The van der Waals surface area contributed by atoms with Crippen molar-refractivity contribution in [3.05, 3.63) is 198 Å². The van der Waals surface area contributed by atoms with Crippen LogP contribution in [0.4, 0.5) is 0 Å². The molecule has 250 valence electrons. The van der Waals surface area contributed by atoms with Crippen LogP contribution in [0.2, 0.25) is 0 Å². The fourth-order valence-corrected chi connectivity index (χ4v) is 7.58. The first-order valence-electron chi connectivity index (χ1n) is 18.0. The summed E-state index contributed by atoms with van der Waals surface area (Å²) in [5.41, 5.74) is 8.66. The molecule has 9 rings (SSSR count). The first-order chi connectivity index (χ1) is 25.7. The Balaban J connectivity index is 1.14. The maximum absolute atomic E-state index is 6.43. The largest absolute Gasteiger partial charge is 0.460 e. The average molecular weight is 672 g/mol. The second-order valence-electron chi connectivity index (χ2n) is 13.5. The van der Waals surface area contributed by atoms with Crippen LogP contribution in [0.1, 0.15) is 46.0 Å². The highest BCUT2D eigenvalue weighted by molar-refractivity contribution is 5.89. The lowest BCUT2D eigenvalue weighted by Crippen LogP contribution is -2.14. The van der Waals surface area contributed by atoms with Crippen LogP contribution in [0.15, 0.2) is 163 Å². The number of nitrogens with zero attached hydrogens (tertiary/aromatic N) is 3. The molecule has 0 amide bonds. The van der Waals surface area contributed by atoms with Gasteiger partial charge in [0.15, 0.2) is 17.5 Å². The van der Waals surface area contributed by atoms with Crippen molar-refractivity contribution in [2.24, 2.45) is 11.8 Å². The minimum Gasteiger partial charge on any atom is -0.460 e. The zero-order valence-corrected chi connectivity index (χ0v) is 28.8. The number of allylic oxidation sites excluding steroid dienone is 10. The predicted octanol–water partition coefficient (Wildman–Crippen LogP) is 11.5. The number of hydrogen-bond donors (Lipinski definition) is 0. The van der Waals surface area contributed by atoms with Crippen molar-refractivity contribution < 1.29 is 4.42 Å². The molecule has 6 aromatic rings. The van der Waals surface area contributed by atoms with E-state index in [1.165, 1.54) is 22.1 Å². The van der Waals surface area contributed by atoms with Gasteiger partial charge in [-0.2, -0.15) is 0 Å². The van der Waals surface area contributed by atoms with E-state index in [4.69, 9.17) is 19.4 Å². The Bertz CT molecular complexity index is 2510. The van der Waals surface area contributed by atoms with Crippen molar-refractivity contribution in [1.29, 1.82) is 0 Å². The summed E-state index contributed by atoms with van der Waals surface area (Å²) < 4.78 is 6.43. The van der Waals surface area contributed by atoms with Gasteiger partial charge in [0.25, 0.3) is 0 Å². The molecule has 2 unspecified atom stereocenters. The third-order valence-electron chi connectivity index (χ3n) is 10.2.